The average Bonchev–Trinajstić information content (AvgIpc) is 2.98. The number of nitrogens with zero attached hydrogens (tertiary/aromatic N) is 1. The van der Waals surface area contributed by atoms with Crippen molar-refractivity contribution < 1.29 is 9.53 Å². The zero-order valence-corrected chi connectivity index (χ0v) is 14.4. The number of carbonyl (C=O) groups is 1. The van der Waals surface area contributed by atoms with Crippen LogP contribution >= 0.6 is 11.3 Å². The van der Waals surface area contributed by atoms with Crippen LogP contribution in [0.25, 0.3) is 10.4 Å². The van der Waals surface area contributed by atoms with E-state index in [2.05, 4.69) is 30.3 Å². The Morgan fingerprint density at radius 2 is 1.83 bits per heavy atom. The first-order valence-corrected chi connectivity index (χ1v) is 9.09. The first-order chi connectivity index (χ1) is 11.1. The molecule has 4 rings (SSSR count). The Morgan fingerprint density at radius 1 is 1.13 bits per heavy atom. The van der Waals surface area contributed by atoms with E-state index in [9.17, 15) is 4.79 Å². The van der Waals surface area contributed by atoms with Gasteiger partial charge in [-0.1, -0.05) is 24.3 Å². The van der Waals surface area contributed by atoms with Crippen LogP contribution in [0.4, 0.5) is 0 Å². The van der Waals surface area contributed by atoms with Gasteiger partial charge in [0.05, 0.1) is 17.1 Å². The van der Waals surface area contributed by atoms with Crippen LogP contribution in [0.5, 0.6) is 0 Å². The Kier molecular flexibility index (Phi) is 3.74. The molecule has 1 amide bonds. The van der Waals surface area contributed by atoms with Crippen molar-refractivity contribution in [1.82, 2.24) is 4.90 Å². The third-order valence-corrected chi connectivity index (χ3v) is 5.85. The van der Waals surface area contributed by atoms with Gasteiger partial charge in [-0.15, -0.1) is 11.3 Å². The smallest absolute Gasteiger partial charge is 0.264 e. The minimum absolute atomic E-state index is 0.109. The van der Waals surface area contributed by atoms with Crippen molar-refractivity contribution in [2.75, 3.05) is 13.1 Å². The molecule has 23 heavy (non-hydrogen) atoms. The number of fused-ring (bicyclic) bond motifs is 3. The van der Waals surface area contributed by atoms with Crippen molar-refractivity contribution in [1.29, 1.82) is 0 Å². The lowest BCUT2D eigenvalue weighted by Gasteiger charge is -2.35. The molecule has 120 valence electrons. The molecule has 0 bridgehead atoms. The normalized spacial score (nSPS) is 23.3. The maximum Gasteiger partial charge on any atom is 0.264 e. The molecule has 3 nitrogen and oxygen atoms in total. The minimum Gasteiger partial charge on any atom is -0.372 e. The minimum atomic E-state index is 0.109. The van der Waals surface area contributed by atoms with E-state index >= 15 is 0 Å². The molecule has 1 fully saturated rings. The van der Waals surface area contributed by atoms with Crippen LogP contribution in [-0.2, 0) is 17.6 Å². The monoisotopic (exact) mass is 327 g/mol. The third kappa shape index (κ3) is 2.70. The van der Waals surface area contributed by atoms with E-state index in [4.69, 9.17) is 4.74 Å². The number of ether oxygens (including phenoxy) is 1. The van der Waals surface area contributed by atoms with Gasteiger partial charge in [0.15, 0.2) is 0 Å². The standard InChI is InChI=1S/C19H21NO2S/c1-12-10-20(11-13(2)22-12)19(21)17-9-15-8-7-14-5-3-4-6-16(14)18(15)23-17/h3-6,9,12-13H,7-8,10-11H2,1-2H3. The summed E-state index contributed by atoms with van der Waals surface area (Å²) >= 11 is 1.65. The molecule has 1 saturated heterocycles. The van der Waals surface area contributed by atoms with Crippen LogP contribution in [0.2, 0.25) is 0 Å². The zero-order chi connectivity index (χ0) is 16.0. The third-order valence-electron chi connectivity index (χ3n) is 4.65. The number of benzene rings is 1. The second-order valence-electron chi connectivity index (χ2n) is 6.59. The Labute approximate surface area is 140 Å². The fourth-order valence-electron chi connectivity index (χ4n) is 3.68. The molecule has 1 aliphatic carbocycles. The number of morpholine rings is 1. The van der Waals surface area contributed by atoms with Crippen LogP contribution in [0.3, 0.4) is 0 Å². The van der Waals surface area contributed by atoms with Gasteiger partial charge in [0.2, 0.25) is 0 Å². The fourth-order valence-corrected chi connectivity index (χ4v) is 4.92. The van der Waals surface area contributed by atoms with Crippen LogP contribution in [0.1, 0.15) is 34.6 Å². The second-order valence-corrected chi connectivity index (χ2v) is 7.64. The summed E-state index contributed by atoms with van der Waals surface area (Å²) in [7, 11) is 0. The maximum atomic E-state index is 12.9. The Morgan fingerprint density at radius 3 is 2.61 bits per heavy atom. The lowest BCUT2D eigenvalue weighted by Crippen LogP contribution is -2.48. The van der Waals surface area contributed by atoms with Crippen molar-refractivity contribution in [3.05, 3.63) is 46.3 Å². The summed E-state index contributed by atoms with van der Waals surface area (Å²) in [6.07, 6.45) is 2.32. The summed E-state index contributed by atoms with van der Waals surface area (Å²) in [6, 6.07) is 10.7. The van der Waals surface area contributed by atoms with Gasteiger partial charge in [-0.3, -0.25) is 4.79 Å². The lowest BCUT2D eigenvalue weighted by atomic mass is 9.91. The highest BCUT2D eigenvalue weighted by molar-refractivity contribution is 7.17. The van der Waals surface area contributed by atoms with E-state index in [0.29, 0.717) is 13.1 Å². The molecule has 1 aromatic carbocycles. The number of aryl methyl sites for hydroxylation is 2. The van der Waals surface area contributed by atoms with Gasteiger partial charge in [-0.05, 0) is 49.4 Å². The second kappa shape index (κ2) is 5.77. The quantitative estimate of drug-likeness (QED) is 0.798. The molecule has 1 aliphatic heterocycles. The number of thiophene rings is 1. The lowest BCUT2D eigenvalue weighted by molar-refractivity contribution is -0.0585. The van der Waals surface area contributed by atoms with Gasteiger partial charge in [0.25, 0.3) is 5.91 Å². The predicted molar refractivity (Wildman–Crippen MR) is 93.1 cm³/mol. The summed E-state index contributed by atoms with van der Waals surface area (Å²) in [4.78, 5) is 17.0. The molecular weight excluding hydrogens is 306 g/mol. The molecule has 0 saturated carbocycles. The van der Waals surface area contributed by atoms with E-state index in [-0.39, 0.29) is 18.1 Å². The van der Waals surface area contributed by atoms with E-state index in [1.807, 2.05) is 18.7 Å². The summed E-state index contributed by atoms with van der Waals surface area (Å²) in [5.41, 5.74) is 4.03. The SMILES string of the molecule is CC1CN(C(=O)c2cc3c(s2)-c2ccccc2CC3)CC(C)O1. The van der Waals surface area contributed by atoms with Gasteiger partial charge in [0.1, 0.15) is 0 Å². The molecule has 2 aliphatic rings. The highest BCUT2D eigenvalue weighted by Gasteiger charge is 2.29. The summed E-state index contributed by atoms with van der Waals surface area (Å²) < 4.78 is 5.74. The molecule has 0 radical (unpaired) electrons. The van der Waals surface area contributed by atoms with Crippen molar-refractivity contribution in [2.45, 2.75) is 38.9 Å². The number of hydrogen-bond donors (Lipinski definition) is 0. The summed E-state index contributed by atoms with van der Waals surface area (Å²) in [5.74, 6) is 0.156. The van der Waals surface area contributed by atoms with Gasteiger partial charge in [0, 0.05) is 18.0 Å². The zero-order valence-electron chi connectivity index (χ0n) is 13.5. The van der Waals surface area contributed by atoms with Gasteiger partial charge < -0.3 is 9.64 Å². The van der Waals surface area contributed by atoms with Gasteiger partial charge >= 0.3 is 0 Å². The van der Waals surface area contributed by atoms with Gasteiger partial charge in [-0.25, -0.2) is 0 Å². The first kappa shape index (κ1) is 14.9. The maximum absolute atomic E-state index is 12.9. The largest absolute Gasteiger partial charge is 0.372 e. The topological polar surface area (TPSA) is 29.5 Å². The van der Waals surface area contributed by atoms with Crippen LogP contribution in [-0.4, -0.2) is 36.1 Å². The summed E-state index contributed by atoms with van der Waals surface area (Å²) in [5, 5.41) is 0. The van der Waals surface area contributed by atoms with Crippen molar-refractivity contribution in [2.24, 2.45) is 0 Å². The van der Waals surface area contributed by atoms with Crippen LogP contribution in [0, 0.1) is 0 Å². The predicted octanol–water partition coefficient (Wildman–Crippen LogP) is 3.76. The number of hydrogen-bond acceptors (Lipinski definition) is 3. The van der Waals surface area contributed by atoms with E-state index in [1.165, 1.54) is 21.6 Å². The number of carbonyl (C=O) groups excluding carboxylic acids is 1. The molecule has 2 unspecified atom stereocenters. The molecular formula is C19H21NO2S. The van der Waals surface area contributed by atoms with Crippen LogP contribution in [0.15, 0.2) is 30.3 Å². The molecule has 2 aromatic rings. The molecule has 2 atom stereocenters. The highest BCUT2D eigenvalue weighted by Crippen LogP contribution is 2.39. The Bertz CT molecular complexity index is 742. The number of amides is 1. The first-order valence-electron chi connectivity index (χ1n) is 8.27. The van der Waals surface area contributed by atoms with Crippen molar-refractivity contribution in [3.63, 3.8) is 0 Å². The van der Waals surface area contributed by atoms with Crippen molar-refractivity contribution in [3.8, 4) is 10.4 Å². The van der Waals surface area contributed by atoms with E-state index < -0.39 is 0 Å². The molecule has 0 N–H and O–H groups in total. The van der Waals surface area contributed by atoms with Crippen LogP contribution < -0.4 is 0 Å². The molecule has 1 aromatic heterocycles. The van der Waals surface area contributed by atoms with Crippen molar-refractivity contribution >= 4 is 17.2 Å². The molecule has 4 heteroatoms. The van der Waals surface area contributed by atoms with E-state index in [1.54, 1.807) is 11.3 Å². The molecule has 0 spiro atoms. The Hall–Kier alpha value is -1.65. The highest BCUT2D eigenvalue weighted by atomic mass is 32.1. The van der Waals surface area contributed by atoms with Gasteiger partial charge in [-0.2, -0.15) is 0 Å². The Balaban J connectivity index is 1.65. The molecule has 2 heterocycles. The summed E-state index contributed by atoms with van der Waals surface area (Å²) in [6.45, 7) is 5.43. The average molecular weight is 327 g/mol. The van der Waals surface area contributed by atoms with E-state index in [0.717, 1.165) is 17.7 Å². The number of rotatable bonds is 1. The fraction of sp³-hybridized carbons (Fsp3) is 0.421.